The summed E-state index contributed by atoms with van der Waals surface area (Å²) in [4.78, 5) is 4.52. The van der Waals surface area contributed by atoms with E-state index in [1.54, 1.807) is 0 Å². The summed E-state index contributed by atoms with van der Waals surface area (Å²) >= 11 is 0. The summed E-state index contributed by atoms with van der Waals surface area (Å²) in [5.41, 5.74) is 4.70. The lowest BCUT2D eigenvalue weighted by molar-refractivity contribution is 0.684. The Balaban J connectivity index is 1.78. The Morgan fingerprint density at radius 2 is 2.05 bits per heavy atom. The van der Waals surface area contributed by atoms with Crippen molar-refractivity contribution in [1.82, 2.24) is 20.1 Å². The Hall–Kier alpha value is -1.68. The van der Waals surface area contributed by atoms with Gasteiger partial charge in [-0.3, -0.25) is 0 Å². The van der Waals surface area contributed by atoms with Crippen LogP contribution < -0.4 is 5.32 Å². The van der Waals surface area contributed by atoms with E-state index in [4.69, 9.17) is 0 Å². The largest absolute Gasteiger partial charge is 0.310 e. The summed E-state index contributed by atoms with van der Waals surface area (Å²) in [7, 11) is 0. The Labute approximate surface area is 113 Å². The topological polar surface area (TPSA) is 42.7 Å². The van der Waals surface area contributed by atoms with Crippen LogP contribution in [0.15, 0.2) is 18.3 Å². The molecule has 0 atom stereocenters. The number of rotatable bonds is 4. The molecule has 19 heavy (non-hydrogen) atoms. The van der Waals surface area contributed by atoms with Crippen LogP contribution in [0.5, 0.6) is 0 Å². The molecule has 1 aliphatic carbocycles. The predicted octanol–water partition coefficient (Wildman–Crippen LogP) is 2.44. The highest BCUT2D eigenvalue weighted by Gasteiger charge is 2.19. The molecule has 3 rings (SSSR count). The quantitative estimate of drug-likeness (QED) is 0.913. The van der Waals surface area contributed by atoms with Gasteiger partial charge in [0, 0.05) is 24.5 Å². The highest BCUT2D eigenvalue weighted by molar-refractivity contribution is 5.32. The predicted molar refractivity (Wildman–Crippen MR) is 75.4 cm³/mol. The summed E-state index contributed by atoms with van der Waals surface area (Å²) in [6.45, 7) is 7.13. The van der Waals surface area contributed by atoms with Crippen LogP contribution in [0.3, 0.4) is 0 Å². The standard InChI is InChI=1S/C15H20N4/c1-10-11(2)18-19(12(10)3)15-7-4-13(9-17-15)8-16-14-5-6-14/h4,7,9,14,16H,5-6,8H2,1-3H3. The summed E-state index contributed by atoms with van der Waals surface area (Å²) in [6.07, 6.45) is 4.57. The third kappa shape index (κ3) is 2.54. The van der Waals surface area contributed by atoms with Crippen molar-refractivity contribution < 1.29 is 0 Å². The molecule has 1 saturated carbocycles. The molecule has 4 nitrogen and oxygen atoms in total. The van der Waals surface area contributed by atoms with E-state index in [9.17, 15) is 0 Å². The van der Waals surface area contributed by atoms with Gasteiger partial charge in [0.25, 0.3) is 0 Å². The Bertz CT molecular complexity index is 579. The lowest BCUT2D eigenvalue weighted by Gasteiger charge is -2.06. The van der Waals surface area contributed by atoms with E-state index in [1.807, 2.05) is 23.9 Å². The zero-order valence-corrected chi connectivity index (χ0v) is 11.8. The van der Waals surface area contributed by atoms with Crippen molar-refractivity contribution in [3.63, 3.8) is 0 Å². The van der Waals surface area contributed by atoms with E-state index >= 15 is 0 Å². The SMILES string of the molecule is Cc1nn(-c2ccc(CNC3CC3)cn2)c(C)c1C. The van der Waals surface area contributed by atoms with Gasteiger partial charge in [0.05, 0.1) is 5.69 Å². The molecule has 2 heterocycles. The lowest BCUT2D eigenvalue weighted by atomic mass is 10.2. The van der Waals surface area contributed by atoms with Crippen molar-refractivity contribution in [1.29, 1.82) is 0 Å². The summed E-state index contributed by atoms with van der Waals surface area (Å²) in [5, 5.41) is 8.03. The number of hydrogen-bond donors (Lipinski definition) is 1. The molecule has 0 aromatic carbocycles. The molecular weight excluding hydrogens is 236 g/mol. The van der Waals surface area contributed by atoms with Gasteiger partial charge in [-0.15, -0.1) is 0 Å². The van der Waals surface area contributed by atoms with Gasteiger partial charge in [-0.25, -0.2) is 9.67 Å². The van der Waals surface area contributed by atoms with Crippen molar-refractivity contribution in [3.8, 4) is 5.82 Å². The maximum absolute atomic E-state index is 4.53. The second kappa shape index (κ2) is 4.78. The molecule has 0 spiro atoms. The molecule has 2 aromatic rings. The number of aryl methyl sites for hydroxylation is 1. The second-order valence-corrected chi connectivity index (χ2v) is 5.39. The van der Waals surface area contributed by atoms with E-state index < -0.39 is 0 Å². The number of hydrogen-bond acceptors (Lipinski definition) is 3. The molecule has 0 radical (unpaired) electrons. The minimum absolute atomic E-state index is 0.735. The Morgan fingerprint density at radius 1 is 1.26 bits per heavy atom. The van der Waals surface area contributed by atoms with Crippen LogP contribution in [0, 0.1) is 20.8 Å². The van der Waals surface area contributed by atoms with Crippen molar-refractivity contribution in [3.05, 3.63) is 40.8 Å². The average molecular weight is 256 g/mol. The fourth-order valence-electron chi connectivity index (χ4n) is 2.14. The molecular formula is C15H20N4. The molecule has 1 aliphatic rings. The molecule has 4 heteroatoms. The number of pyridine rings is 1. The monoisotopic (exact) mass is 256 g/mol. The molecule has 2 aromatic heterocycles. The van der Waals surface area contributed by atoms with Gasteiger partial charge in [-0.05, 0) is 50.8 Å². The number of nitrogens with one attached hydrogen (secondary N) is 1. The third-order valence-electron chi connectivity index (χ3n) is 3.85. The van der Waals surface area contributed by atoms with Gasteiger partial charge >= 0.3 is 0 Å². The maximum Gasteiger partial charge on any atom is 0.153 e. The molecule has 1 fully saturated rings. The first-order valence-electron chi connectivity index (χ1n) is 6.86. The zero-order chi connectivity index (χ0) is 13.4. The molecule has 0 aliphatic heterocycles. The van der Waals surface area contributed by atoms with E-state index in [0.29, 0.717) is 0 Å². The highest BCUT2D eigenvalue weighted by Crippen LogP contribution is 2.19. The first kappa shape index (κ1) is 12.4. The minimum Gasteiger partial charge on any atom is -0.310 e. The van der Waals surface area contributed by atoms with Crippen LogP contribution >= 0.6 is 0 Å². The molecule has 100 valence electrons. The lowest BCUT2D eigenvalue weighted by Crippen LogP contribution is -2.15. The summed E-state index contributed by atoms with van der Waals surface area (Å²) in [6, 6.07) is 4.91. The van der Waals surface area contributed by atoms with Gasteiger partial charge in [0.15, 0.2) is 5.82 Å². The molecule has 1 N–H and O–H groups in total. The molecule has 0 bridgehead atoms. The van der Waals surface area contributed by atoms with E-state index in [0.717, 1.165) is 29.8 Å². The van der Waals surface area contributed by atoms with Crippen LogP contribution in [-0.4, -0.2) is 20.8 Å². The van der Waals surface area contributed by atoms with Gasteiger partial charge in [0.1, 0.15) is 0 Å². The van der Waals surface area contributed by atoms with Crippen LogP contribution in [0.2, 0.25) is 0 Å². The van der Waals surface area contributed by atoms with Crippen LogP contribution in [0.4, 0.5) is 0 Å². The van der Waals surface area contributed by atoms with Gasteiger partial charge in [0.2, 0.25) is 0 Å². The number of aromatic nitrogens is 3. The molecule has 0 amide bonds. The van der Waals surface area contributed by atoms with Crippen molar-refractivity contribution in [2.45, 2.75) is 46.2 Å². The summed E-state index contributed by atoms with van der Waals surface area (Å²) < 4.78 is 1.92. The molecule has 0 unspecified atom stereocenters. The van der Waals surface area contributed by atoms with Crippen LogP contribution in [0.1, 0.15) is 35.4 Å². The first-order chi connectivity index (χ1) is 9.15. The molecule has 0 saturated heterocycles. The van der Waals surface area contributed by atoms with E-state index in [-0.39, 0.29) is 0 Å². The fraction of sp³-hybridized carbons (Fsp3) is 0.467. The third-order valence-corrected chi connectivity index (χ3v) is 3.85. The van der Waals surface area contributed by atoms with Crippen molar-refractivity contribution in [2.75, 3.05) is 0 Å². The Morgan fingerprint density at radius 3 is 2.58 bits per heavy atom. The second-order valence-electron chi connectivity index (χ2n) is 5.39. The number of nitrogens with zero attached hydrogens (tertiary/aromatic N) is 3. The van der Waals surface area contributed by atoms with Gasteiger partial charge in [-0.1, -0.05) is 6.07 Å². The highest BCUT2D eigenvalue weighted by atomic mass is 15.3. The normalized spacial score (nSPS) is 14.9. The van der Waals surface area contributed by atoms with Crippen molar-refractivity contribution >= 4 is 0 Å². The Kier molecular flexibility index (Phi) is 3.11. The van der Waals surface area contributed by atoms with Crippen LogP contribution in [0.25, 0.3) is 5.82 Å². The maximum atomic E-state index is 4.53. The van der Waals surface area contributed by atoms with Crippen LogP contribution in [-0.2, 0) is 6.54 Å². The smallest absolute Gasteiger partial charge is 0.153 e. The van der Waals surface area contributed by atoms with Gasteiger partial charge in [-0.2, -0.15) is 5.10 Å². The zero-order valence-electron chi connectivity index (χ0n) is 11.8. The average Bonchev–Trinajstić information content (AvgIpc) is 3.21. The van der Waals surface area contributed by atoms with Gasteiger partial charge < -0.3 is 5.32 Å². The fourth-order valence-corrected chi connectivity index (χ4v) is 2.14. The van der Waals surface area contributed by atoms with E-state index in [1.165, 1.54) is 24.0 Å². The minimum atomic E-state index is 0.735. The first-order valence-corrected chi connectivity index (χ1v) is 6.86. The van der Waals surface area contributed by atoms with E-state index in [2.05, 4.69) is 35.3 Å². The van der Waals surface area contributed by atoms with Crippen molar-refractivity contribution in [2.24, 2.45) is 0 Å². The summed E-state index contributed by atoms with van der Waals surface area (Å²) in [5.74, 6) is 0.892.